The Bertz CT molecular complexity index is 819. The van der Waals surface area contributed by atoms with Crippen molar-refractivity contribution in [2.45, 2.75) is 6.92 Å². The zero-order valence-electron chi connectivity index (χ0n) is 13.4. The van der Waals surface area contributed by atoms with Gasteiger partial charge in [-0.05, 0) is 18.6 Å². The summed E-state index contributed by atoms with van der Waals surface area (Å²) in [5.41, 5.74) is 3.35. The van der Waals surface area contributed by atoms with Crippen molar-refractivity contribution in [3.63, 3.8) is 0 Å². The van der Waals surface area contributed by atoms with Crippen LogP contribution in [0.15, 0.2) is 53.6 Å². The second-order valence-corrected chi connectivity index (χ2v) is 5.09. The third-order valence-corrected chi connectivity index (χ3v) is 3.36. The number of rotatable bonds is 6. The van der Waals surface area contributed by atoms with Gasteiger partial charge < -0.3 is 5.32 Å². The normalized spacial score (nSPS) is 10.4. The second kappa shape index (κ2) is 8.34. The number of nitrogens with zero attached hydrogens (tertiary/aromatic N) is 2. The summed E-state index contributed by atoms with van der Waals surface area (Å²) in [6.07, 6.45) is 1.48. The summed E-state index contributed by atoms with van der Waals surface area (Å²) in [7, 11) is 0. The van der Waals surface area contributed by atoms with E-state index in [2.05, 4.69) is 15.8 Å². The maximum absolute atomic E-state index is 12.1. The topological polar surface area (TPSA) is 114 Å². The maximum atomic E-state index is 12.1. The molecule has 0 spiro atoms. The van der Waals surface area contributed by atoms with Gasteiger partial charge in [-0.2, -0.15) is 5.10 Å². The summed E-state index contributed by atoms with van der Waals surface area (Å²) in [5, 5.41) is 17.1. The molecule has 0 unspecified atom stereocenters. The van der Waals surface area contributed by atoms with Crippen molar-refractivity contribution in [3.8, 4) is 0 Å². The van der Waals surface area contributed by atoms with E-state index in [1.807, 2.05) is 30.3 Å². The number of hydrogen-bond donors (Lipinski definition) is 2. The molecule has 0 bridgehead atoms. The van der Waals surface area contributed by atoms with Crippen molar-refractivity contribution in [2.75, 3.05) is 6.54 Å². The molecule has 25 heavy (non-hydrogen) atoms. The number of nitro benzene ring substituents is 1. The number of hydrogen-bond acceptors (Lipinski definition) is 5. The molecule has 0 heterocycles. The smallest absolute Gasteiger partial charge is 0.273 e. The predicted molar refractivity (Wildman–Crippen MR) is 92.3 cm³/mol. The van der Waals surface area contributed by atoms with Gasteiger partial charge in [0.2, 0.25) is 0 Å². The Morgan fingerprint density at radius 2 is 1.88 bits per heavy atom. The number of carbonyl (C=O) groups is 2. The van der Waals surface area contributed by atoms with Crippen LogP contribution in [0.2, 0.25) is 0 Å². The Hall–Kier alpha value is -3.55. The SMILES string of the molecule is Cc1c(C(=O)NCC(=O)N/N=C/c2ccccc2)cccc1[N+](=O)[O-]. The van der Waals surface area contributed by atoms with Crippen LogP contribution in [0.3, 0.4) is 0 Å². The number of nitro groups is 1. The summed E-state index contributed by atoms with van der Waals surface area (Å²) in [5.74, 6) is -1.08. The van der Waals surface area contributed by atoms with Gasteiger partial charge in [0.05, 0.1) is 17.7 Å². The first kappa shape index (κ1) is 17.8. The Kier molecular flexibility index (Phi) is 5.94. The van der Waals surface area contributed by atoms with Crippen molar-refractivity contribution in [1.29, 1.82) is 0 Å². The lowest BCUT2D eigenvalue weighted by Gasteiger charge is -2.07. The van der Waals surface area contributed by atoms with Gasteiger partial charge in [0, 0.05) is 17.2 Å². The fourth-order valence-electron chi connectivity index (χ4n) is 2.08. The van der Waals surface area contributed by atoms with Crippen molar-refractivity contribution < 1.29 is 14.5 Å². The molecule has 2 aromatic carbocycles. The number of amides is 2. The molecule has 0 aliphatic carbocycles. The lowest BCUT2D eigenvalue weighted by Crippen LogP contribution is -2.35. The molecule has 0 aromatic heterocycles. The van der Waals surface area contributed by atoms with Crippen LogP contribution in [0, 0.1) is 17.0 Å². The van der Waals surface area contributed by atoms with Gasteiger partial charge in [0.25, 0.3) is 17.5 Å². The standard InChI is InChI=1S/C17H16N4O4/c1-12-14(8-5-9-15(12)21(24)25)17(23)18-11-16(22)20-19-10-13-6-3-2-4-7-13/h2-10H,11H2,1H3,(H,18,23)(H,20,22)/b19-10+. The molecule has 2 amide bonds. The van der Waals surface area contributed by atoms with Crippen LogP contribution in [-0.4, -0.2) is 29.5 Å². The molecular formula is C17H16N4O4. The molecular weight excluding hydrogens is 324 g/mol. The first-order valence-corrected chi connectivity index (χ1v) is 7.38. The Balaban J connectivity index is 1.89. The Labute approximate surface area is 143 Å². The molecule has 2 aromatic rings. The van der Waals surface area contributed by atoms with E-state index in [4.69, 9.17) is 0 Å². The lowest BCUT2D eigenvalue weighted by atomic mass is 10.1. The molecule has 128 valence electrons. The Morgan fingerprint density at radius 1 is 1.16 bits per heavy atom. The fraction of sp³-hybridized carbons (Fsp3) is 0.118. The van der Waals surface area contributed by atoms with E-state index < -0.39 is 16.7 Å². The summed E-state index contributed by atoms with van der Waals surface area (Å²) < 4.78 is 0. The van der Waals surface area contributed by atoms with Gasteiger partial charge in [-0.25, -0.2) is 5.43 Å². The summed E-state index contributed by atoms with van der Waals surface area (Å²) in [4.78, 5) is 34.1. The first-order chi connectivity index (χ1) is 12.0. The van der Waals surface area contributed by atoms with E-state index in [1.165, 1.54) is 31.3 Å². The van der Waals surface area contributed by atoms with Crippen LogP contribution in [-0.2, 0) is 4.79 Å². The van der Waals surface area contributed by atoms with E-state index in [1.54, 1.807) is 0 Å². The van der Waals surface area contributed by atoms with E-state index in [-0.39, 0.29) is 23.4 Å². The van der Waals surface area contributed by atoms with Crippen molar-refractivity contribution in [1.82, 2.24) is 10.7 Å². The zero-order chi connectivity index (χ0) is 18.2. The highest BCUT2D eigenvalue weighted by Gasteiger charge is 2.18. The van der Waals surface area contributed by atoms with Gasteiger partial charge in [-0.3, -0.25) is 19.7 Å². The van der Waals surface area contributed by atoms with Gasteiger partial charge in [0.1, 0.15) is 0 Å². The van der Waals surface area contributed by atoms with Gasteiger partial charge in [-0.1, -0.05) is 36.4 Å². The molecule has 8 heteroatoms. The number of hydrazone groups is 1. The molecule has 0 saturated heterocycles. The van der Waals surface area contributed by atoms with E-state index >= 15 is 0 Å². The van der Waals surface area contributed by atoms with Gasteiger partial charge >= 0.3 is 0 Å². The largest absolute Gasteiger partial charge is 0.343 e. The Morgan fingerprint density at radius 3 is 2.56 bits per heavy atom. The molecule has 0 saturated carbocycles. The molecule has 2 N–H and O–H groups in total. The van der Waals surface area contributed by atoms with Crippen LogP contribution in [0.5, 0.6) is 0 Å². The summed E-state index contributed by atoms with van der Waals surface area (Å²) in [6.45, 7) is 1.18. The molecule has 0 aliphatic rings. The third-order valence-electron chi connectivity index (χ3n) is 3.36. The average Bonchev–Trinajstić information content (AvgIpc) is 2.60. The van der Waals surface area contributed by atoms with Crippen LogP contribution in [0.4, 0.5) is 5.69 Å². The van der Waals surface area contributed by atoms with Crippen molar-refractivity contribution in [2.24, 2.45) is 5.10 Å². The van der Waals surface area contributed by atoms with Crippen LogP contribution < -0.4 is 10.7 Å². The molecule has 2 rings (SSSR count). The second-order valence-electron chi connectivity index (χ2n) is 5.09. The highest BCUT2D eigenvalue weighted by molar-refractivity contribution is 5.98. The maximum Gasteiger partial charge on any atom is 0.273 e. The number of nitrogens with one attached hydrogen (secondary N) is 2. The van der Waals surface area contributed by atoms with Gasteiger partial charge in [-0.15, -0.1) is 0 Å². The predicted octanol–water partition coefficient (Wildman–Crippen LogP) is 1.78. The van der Waals surface area contributed by atoms with E-state index in [0.29, 0.717) is 0 Å². The fourth-order valence-corrected chi connectivity index (χ4v) is 2.08. The molecule has 0 fully saturated rings. The van der Waals surface area contributed by atoms with E-state index in [0.717, 1.165) is 5.56 Å². The summed E-state index contributed by atoms with van der Waals surface area (Å²) in [6, 6.07) is 13.4. The number of benzene rings is 2. The third kappa shape index (κ3) is 4.96. The zero-order valence-corrected chi connectivity index (χ0v) is 13.4. The highest BCUT2D eigenvalue weighted by Crippen LogP contribution is 2.20. The summed E-state index contributed by atoms with van der Waals surface area (Å²) >= 11 is 0. The average molecular weight is 340 g/mol. The van der Waals surface area contributed by atoms with Crippen LogP contribution in [0.25, 0.3) is 0 Å². The monoisotopic (exact) mass is 340 g/mol. The highest BCUT2D eigenvalue weighted by atomic mass is 16.6. The minimum absolute atomic E-state index is 0.148. The number of carbonyl (C=O) groups excluding carboxylic acids is 2. The van der Waals surface area contributed by atoms with Gasteiger partial charge in [0.15, 0.2) is 0 Å². The van der Waals surface area contributed by atoms with Crippen molar-refractivity contribution in [3.05, 3.63) is 75.3 Å². The van der Waals surface area contributed by atoms with E-state index in [9.17, 15) is 19.7 Å². The van der Waals surface area contributed by atoms with Crippen LogP contribution in [0.1, 0.15) is 21.5 Å². The molecule has 0 atom stereocenters. The minimum Gasteiger partial charge on any atom is -0.343 e. The minimum atomic E-state index is -0.566. The van der Waals surface area contributed by atoms with Crippen LogP contribution >= 0.6 is 0 Å². The van der Waals surface area contributed by atoms with Crippen molar-refractivity contribution >= 4 is 23.7 Å². The quantitative estimate of drug-likeness (QED) is 0.474. The lowest BCUT2D eigenvalue weighted by molar-refractivity contribution is -0.385. The molecule has 0 aliphatic heterocycles. The molecule has 0 radical (unpaired) electrons. The first-order valence-electron chi connectivity index (χ1n) is 7.38. The molecule has 8 nitrogen and oxygen atoms in total.